The minimum atomic E-state index is -4.96. The second-order valence-corrected chi connectivity index (χ2v) is 28.6. The molecule has 0 bridgehead atoms. The summed E-state index contributed by atoms with van der Waals surface area (Å²) in [7, 11) is -9.91. The summed E-state index contributed by atoms with van der Waals surface area (Å²) >= 11 is 0. The van der Waals surface area contributed by atoms with Crippen LogP contribution in [0.15, 0.2) is 24.3 Å². The lowest BCUT2D eigenvalue weighted by Gasteiger charge is -2.21. The van der Waals surface area contributed by atoms with Gasteiger partial charge in [-0.15, -0.1) is 0 Å². The number of carbonyl (C=O) groups is 4. The van der Waals surface area contributed by atoms with Crippen molar-refractivity contribution in [3.8, 4) is 0 Å². The zero-order chi connectivity index (χ0) is 67.5. The number of aliphatic hydroxyl groups excluding tert-OH is 1. The first-order valence-electron chi connectivity index (χ1n) is 37.6. The Morgan fingerprint density at radius 3 is 0.793 bits per heavy atom. The molecule has 0 aromatic carbocycles. The molecule has 2 unspecified atom stereocenters. The third kappa shape index (κ3) is 66.2. The van der Waals surface area contributed by atoms with Crippen LogP contribution in [0.5, 0.6) is 0 Å². The Morgan fingerprint density at radius 1 is 0.304 bits per heavy atom. The maximum absolute atomic E-state index is 13.0. The molecule has 0 saturated carbocycles. The normalized spacial score (nSPS) is 14.1. The fraction of sp³-hybridized carbons (Fsp3) is 0.890. The van der Waals surface area contributed by atoms with Gasteiger partial charge in [-0.25, -0.2) is 9.13 Å². The first-order chi connectivity index (χ1) is 44.7. The van der Waals surface area contributed by atoms with E-state index in [-0.39, 0.29) is 25.7 Å². The maximum Gasteiger partial charge on any atom is 0.472 e. The Kier molecular flexibility index (Phi) is 65.3. The molecule has 0 aromatic rings. The summed E-state index contributed by atoms with van der Waals surface area (Å²) in [4.78, 5) is 72.6. The van der Waals surface area contributed by atoms with Crippen molar-refractivity contribution >= 4 is 39.5 Å². The zero-order valence-corrected chi connectivity index (χ0v) is 60.8. The second-order valence-electron chi connectivity index (χ2n) is 25.6. The highest BCUT2D eigenvalue weighted by Crippen LogP contribution is 2.45. The van der Waals surface area contributed by atoms with Crippen molar-refractivity contribution in [2.45, 2.75) is 380 Å². The van der Waals surface area contributed by atoms with Crippen molar-refractivity contribution in [2.24, 2.45) is 0 Å². The van der Waals surface area contributed by atoms with Crippen LogP contribution in [0.25, 0.3) is 0 Å². The highest BCUT2D eigenvalue weighted by molar-refractivity contribution is 7.47. The fourth-order valence-electron chi connectivity index (χ4n) is 10.7. The molecule has 0 aliphatic carbocycles. The van der Waals surface area contributed by atoms with Crippen LogP contribution < -0.4 is 0 Å². The molecule has 0 heterocycles. The summed E-state index contributed by atoms with van der Waals surface area (Å²) in [5, 5.41) is 10.6. The number of hydrogen-bond acceptors (Lipinski definition) is 15. The molecule has 17 nitrogen and oxygen atoms in total. The molecule has 0 aliphatic heterocycles. The monoisotopic (exact) mass is 1350 g/mol. The van der Waals surface area contributed by atoms with Crippen LogP contribution in [0.1, 0.15) is 362 Å². The molecule has 0 radical (unpaired) electrons. The van der Waals surface area contributed by atoms with E-state index >= 15 is 0 Å². The highest BCUT2D eigenvalue weighted by atomic mass is 31.2. The van der Waals surface area contributed by atoms with Crippen molar-refractivity contribution in [3.05, 3.63) is 24.3 Å². The summed E-state index contributed by atoms with van der Waals surface area (Å²) in [6.07, 6.45) is 58.9. The van der Waals surface area contributed by atoms with Gasteiger partial charge in [0.15, 0.2) is 12.2 Å². The lowest BCUT2D eigenvalue weighted by Crippen LogP contribution is -2.30. The van der Waals surface area contributed by atoms with Gasteiger partial charge in [-0.05, 0) is 51.4 Å². The van der Waals surface area contributed by atoms with E-state index in [0.717, 1.165) is 103 Å². The molecule has 92 heavy (non-hydrogen) atoms. The summed E-state index contributed by atoms with van der Waals surface area (Å²) in [6, 6.07) is 0. The average Bonchev–Trinajstić information content (AvgIpc) is 2.44. The van der Waals surface area contributed by atoms with Crippen molar-refractivity contribution in [1.82, 2.24) is 0 Å². The van der Waals surface area contributed by atoms with Gasteiger partial charge >= 0.3 is 39.5 Å². The van der Waals surface area contributed by atoms with E-state index in [1.54, 1.807) is 0 Å². The van der Waals surface area contributed by atoms with Gasteiger partial charge in [-0.2, -0.15) is 0 Å². The number of phosphoric acid groups is 2. The molecule has 0 saturated heterocycles. The van der Waals surface area contributed by atoms with Crippen molar-refractivity contribution in [2.75, 3.05) is 39.6 Å². The molecule has 19 heteroatoms. The predicted molar refractivity (Wildman–Crippen MR) is 372 cm³/mol. The molecule has 3 N–H and O–H groups in total. The van der Waals surface area contributed by atoms with Gasteiger partial charge in [0.2, 0.25) is 0 Å². The minimum absolute atomic E-state index is 0.0860. The van der Waals surface area contributed by atoms with Gasteiger partial charge in [0.05, 0.1) is 26.4 Å². The van der Waals surface area contributed by atoms with Gasteiger partial charge in [-0.1, -0.05) is 309 Å². The Hall–Kier alpha value is -2.46. The molecule has 0 fully saturated rings. The lowest BCUT2D eigenvalue weighted by atomic mass is 10.0. The Bertz CT molecular complexity index is 1850. The zero-order valence-electron chi connectivity index (χ0n) is 59.0. The summed E-state index contributed by atoms with van der Waals surface area (Å²) < 4.78 is 68.3. The van der Waals surface area contributed by atoms with Gasteiger partial charge in [0, 0.05) is 25.7 Å². The molecule has 0 rings (SSSR count). The van der Waals surface area contributed by atoms with Gasteiger partial charge in [0.25, 0.3) is 0 Å². The van der Waals surface area contributed by atoms with Crippen molar-refractivity contribution < 1.29 is 80.2 Å². The topological polar surface area (TPSA) is 237 Å². The van der Waals surface area contributed by atoms with E-state index in [1.807, 2.05) is 0 Å². The fourth-order valence-corrected chi connectivity index (χ4v) is 12.3. The van der Waals surface area contributed by atoms with Crippen molar-refractivity contribution in [3.63, 3.8) is 0 Å². The van der Waals surface area contributed by atoms with Crippen LogP contribution in [0, 0.1) is 0 Å². The van der Waals surface area contributed by atoms with Crippen LogP contribution >= 0.6 is 15.6 Å². The van der Waals surface area contributed by atoms with Crippen molar-refractivity contribution in [1.29, 1.82) is 0 Å². The summed E-state index contributed by atoms with van der Waals surface area (Å²) in [5.74, 6) is -2.15. The molecule has 0 aromatic heterocycles. The van der Waals surface area contributed by atoms with Crippen LogP contribution in [0.4, 0.5) is 0 Å². The Labute approximate surface area is 561 Å². The maximum atomic E-state index is 13.0. The van der Waals surface area contributed by atoms with E-state index in [0.29, 0.717) is 25.7 Å². The number of phosphoric ester groups is 2. The van der Waals surface area contributed by atoms with Crippen LogP contribution in [0.2, 0.25) is 0 Å². The van der Waals surface area contributed by atoms with E-state index in [2.05, 4.69) is 52.0 Å². The Morgan fingerprint density at radius 2 is 0.522 bits per heavy atom. The first-order valence-corrected chi connectivity index (χ1v) is 40.6. The van der Waals surface area contributed by atoms with Gasteiger partial charge in [0.1, 0.15) is 19.3 Å². The molecular weight excluding hydrogens is 1210 g/mol. The smallest absolute Gasteiger partial charge is 0.462 e. The van der Waals surface area contributed by atoms with Gasteiger partial charge in [-0.3, -0.25) is 37.3 Å². The second kappa shape index (κ2) is 67.1. The van der Waals surface area contributed by atoms with E-state index in [1.165, 1.54) is 180 Å². The van der Waals surface area contributed by atoms with Crippen LogP contribution in [-0.2, 0) is 65.4 Å². The average molecular weight is 1350 g/mol. The molecule has 0 amide bonds. The standard InChI is InChI=1S/C73H138O17P2/c1-5-9-13-17-21-25-29-31-33-35-39-42-46-50-54-58-71(76)84-64-69(90-73(78)60-56-52-48-44-40-36-34-32-30-26-22-18-14-10-6-2)66-88-92(81,82)86-62-67(74)61-85-91(79,80)87-65-68(89-72(77)59-55-51-47-43-38-28-24-20-16-12-8-4)63-83-70(75)57-53-49-45-41-37-27-23-19-15-11-7-3/h26,30,32,34,67-69,74H,5-25,27-29,31,33,35-66H2,1-4H3,(H,79,80)(H,81,82)/b30-26-,34-32-/t67-,68+,69+/m0/s1. The van der Waals surface area contributed by atoms with E-state index in [9.17, 15) is 43.2 Å². The minimum Gasteiger partial charge on any atom is -0.462 e. The summed E-state index contributed by atoms with van der Waals surface area (Å²) in [6.45, 7) is 4.90. The quantitative estimate of drug-likeness (QED) is 0.0169. The number of ether oxygens (including phenoxy) is 4. The SMILES string of the molecule is CCCCCC/C=C\C=C/CCCCCCCC(=O)O[C@H](COC(=O)CCCCCCCCCCCCCCCCC)COP(=O)(O)OC[C@@H](O)COP(=O)(O)OC[C@@H](COC(=O)CCCCCCCCCCCCC)OC(=O)CCCCCCCCCCCCC. The molecule has 0 aliphatic rings. The van der Waals surface area contributed by atoms with Crippen LogP contribution in [0.3, 0.4) is 0 Å². The largest absolute Gasteiger partial charge is 0.472 e. The first kappa shape index (κ1) is 89.5. The number of aliphatic hydroxyl groups is 1. The van der Waals surface area contributed by atoms with E-state index < -0.39 is 97.5 Å². The highest BCUT2D eigenvalue weighted by Gasteiger charge is 2.30. The lowest BCUT2D eigenvalue weighted by molar-refractivity contribution is -0.161. The molecule has 542 valence electrons. The molecular formula is C73H138O17P2. The molecule has 0 spiro atoms. The third-order valence-electron chi connectivity index (χ3n) is 16.5. The molecule has 5 atom stereocenters. The third-order valence-corrected chi connectivity index (χ3v) is 18.4. The predicted octanol–water partition coefficient (Wildman–Crippen LogP) is 21.0. The van der Waals surface area contributed by atoms with E-state index in [4.69, 9.17) is 37.0 Å². The van der Waals surface area contributed by atoms with Crippen LogP contribution in [-0.4, -0.2) is 96.7 Å². The number of allylic oxidation sites excluding steroid dienone is 4. The number of unbranched alkanes of at least 4 members (excludes halogenated alkanes) is 43. The summed E-state index contributed by atoms with van der Waals surface area (Å²) in [5.41, 5.74) is 0. The number of hydrogen-bond donors (Lipinski definition) is 3. The number of carbonyl (C=O) groups excluding carboxylic acids is 4. The number of rotatable bonds is 72. The Balaban J connectivity index is 5.28. The van der Waals surface area contributed by atoms with Gasteiger partial charge < -0.3 is 33.8 Å². The number of esters is 4.